The van der Waals surface area contributed by atoms with Crippen molar-refractivity contribution in [3.05, 3.63) is 101 Å². The van der Waals surface area contributed by atoms with Crippen LogP contribution in [0, 0.1) is 0 Å². The molecule has 0 aliphatic heterocycles. The van der Waals surface area contributed by atoms with Crippen LogP contribution in [0.3, 0.4) is 0 Å². The molecule has 4 heteroatoms. The summed E-state index contributed by atoms with van der Waals surface area (Å²) >= 11 is 0. The van der Waals surface area contributed by atoms with Crippen molar-refractivity contribution in [3.8, 4) is 0 Å². The number of ether oxygens (including phenoxy) is 1. The maximum absolute atomic E-state index is 12.9. The molecule has 1 amide bonds. The topological polar surface area (TPSA) is 55.4 Å². The van der Waals surface area contributed by atoms with Gasteiger partial charge in [0.05, 0.1) is 12.2 Å². The molecule has 1 aliphatic carbocycles. The van der Waals surface area contributed by atoms with Gasteiger partial charge in [-0.05, 0) is 66.3 Å². The number of benzene rings is 3. The van der Waals surface area contributed by atoms with Crippen LogP contribution in [-0.2, 0) is 22.4 Å². The second-order valence-electron chi connectivity index (χ2n) is 7.50. The lowest BCUT2D eigenvalue weighted by Gasteiger charge is -2.20. The minimum absolute atomic E-state index is 0.0266. The van der Waals surface area contributed by atoms with Crippen LogP contribution >= 0.6 is 0 Å². The van der Waals surface area contributed by atoms with Gasteiger partial charge in [0.1, 0.15) is 0 Å². The van der Waals surface area contributed by atoms with E-state index in [9.17, 15) is 9.59 Å². The van der Waals surface area contributed by atoms with Crippen molar-refractivity contribution in [2.45, 2.75) is 32.1 Å². The van der Waals surface area contributed by atoms with Crippen molar-refractivity contribution in [1.82, 2.24) is 0 Å². The first-order valence-corrected chi connectivity index (χ1v) is 10.4. The van der Waals surface area contributed by atoms with E-state index in [4.69, 9.17) is 4.74 Å². The maximum atomic E-state index is 12.9. The summed E-state index contributed by atoms with van der Waals surface area (Å²) in [6.07, 6.45) is 2.34. The smallest absolute Gasteiger partial charge is 0.338 e. The SMILES string of the molecule is CCOC(=O)c1ccc(NC(=O)CC2c3ccccc3CCc3ccccc32)cc1. The lowest BCUT2D eigenvalue weighted by atomic mass is 9.85. The predicted molar refractivity (Wildman–Crippen MR) is 118 cm³/mol. The molecule has 0 unspecified atom stereocenters. The van der Waals surface area contributed by atoms with Gasteiger partial charge in [-0.2, -0.15) is 0 Å². The summed E-state index contributed by atoms with van der Waals surface area (Å²) in [4.78, 5) is 24.7. The number of esters is 1. The number of carbonyl (C=O) groups is 2. The highest BCUT2D eigenvalue weighted by Crippen LogP contribution is 2.36. The molecule has 0 radical (unpaired) electrons. The first-order chi connectivity index (χ1) is 14.7. The van der Waals surface area contributed by atoms with Gasteiger partial charge in [-0.1, -0.05) is 48.5 Å². The molecule has 30 heavy (non-hydrogen) atoms. The number of aryl methyl sites for hydroxylation is 2. The Balaban J connectivity index is 1.54. The van der Waals surface area contributed by atoms with Crippen LogP contribution in [0.5, 0.6) is 0 Å². The number of nitrogens with one attached hydrogen (secondary N) is 1. The van der Waals surface area contributed by atoms with E-state index in [0.717, 1.165) is 12.8 Å². The molecule has 3 aromatic carbocycles. The molecule has 1 aliphatic rings. The van der Waals surface area contributed by atoms with Gasteiger partial charge in [0, 0.05) is 18.0 Å². The molecule has 4 nitrogen and oxygen atoms in total. The number of fused-ring (bicyclic) bond motifs is 2. The molecule has 0 fully saturated rings. The number of carbonyl (C=O) groups excluding carboxylic acids is 2. The Morgan fingerprint density at radius 2 is 1.43 bits per heavy atom. The van der Waals surface area contributed by atoms with Crippen molar-refractivity contribution in [2.24, 2.45) is 0 Å². The lowest BCUT2D eigenvalue weighted by molar-refractivity contribution is -0.116. The molecule has 0 aromatic heterocycles. The number of anilines is 1. The Labute approximate surface area is 176 Å². The summed E-state index contributed by atoms with van der Waals surface area (Å²) < 4.78 is 5.00. The Morgan fingerprint density at radius 3 is 2.00 bits per heavy atom. The molecule has 152 valence electrons. The van der Waals surface area contributed by atoms with Crippen LogP contribution in [0.2, 0.25) is 0 Å². The zero-order valence-corrected chi connectivity index (χ0v) is 17.1. The van der Waals surface area contributed by atoms with Gasteiger partial charge in [-0.25, -0.2) is 4.79 Å². The third-order valence-corrected chi connectivity index (χ3v) is 5.59. The molecule has 0 bridgehead atoms. The maximum Gasteiger partial charge on any atom is 0.338 e. The molecule has 1 N–H and O–H groups in total. The average molecular weight is 399 g/mol. The van der Waals surface area contributed by atoms with Crippen molar-refractivity contribution in [3.63, 3.8) is 0 Å². The van der Waals surface area contributed by atoms with E-state index in [1.54, 1.807) is 31.2 Å². The van der Waals surface area contributed by atoms with E-state index in [0.29, 0.717) is 24.3 Å². The number of rotatable bonds is 5. The Morgan fingerprint density at radius 1 is 0.867 bits per heavy atom. The van der Waals surface area contributed by atoms with E-state index >= 15 is 0 Å². The van der Waals surface area contributed by atoms with Gasteiger partial charge in [0.2, 0.25) is 5.91 Å². The zero-order chi connectivity index (χ0) is 20.9. The van der Waals surface area contributed by atoms with Gasteiger partial charge < -0.3 is 10.1 Å². The van der Waals surface area contributed by atoms with Gasteiger partial charge in [0.25, 0.3) is 0 Å². The normalized spacial score (nSPS) is 13.0. The van der Waals surface area contributed by atoms with Crippen LogP contribution in [0.1, 0.15) is 51.9 Å². The van der Waals surface area contributed by atoms with Gasteiger partial charge >= 0.3 is 5.97 Å². The fourth-order valence-electron chi connectivity index (χ4n) is 4.16. The average Bonchev–Trinajstić information content (AvgIpc) is 2.92. The van der Waals surface area contributed by atoms with Crippen LogP contribution in [0.15, 0.2) is 72.8 Å². The Hall–Kier alpha value is -3.40. The second-order valence-corrected chi connectivity index (χ2v) is 7.50. The summed E-state index contributed by atoms with van der Waals surface area (Å²) in [5, 5.41) is 2.98. The quantitative estimate of drug-likeness (QED) is 0.606. The molecular weight excluding hydrogens is 374 g/mol. The highest BCUT2D eigenvalue weighted by Gasteiger charge is 2.25. The molecule has 0 saturated carbocycles. The monoisotopic (exact) mass is 399 g/mol. The van der Waals surface area contributed by atoms with E-state index in [1.165, 1.54) is 22.3 Å². The summed E-state index contributed by atoms with van der Waals surface area (Å²) in [5.74, 6) is -0.379. The number of hydrogen-bond donors (Lipinski definition) is 1. The zero-order valence-electron chi connectivity index (χ0n) is 17.1. The third kappa shape index (κ3) is 4.28. The summed E-state index contributed by atoms with van der Waals surface area (Å²) in [5.41, 5.74) is 6.23. The van der Waals surface area contributed by atoms with E-state index in [-0.39, 0.29) is 17.8 Å². The first-order valence-electron chi connectivity index (χ1n) is 10.4. The van der Waals surface area contributed by atoms with Gasteiger partial charge in [-0.3, -0.25) is 4.79 Å². The van der Waals surface area contributed by atoms with Crippen molar-refractivity contribution in [2.75, 3.05) is 11.9 Å². The van der Waals surface area contributed by atoms with Crippen molar-refractivity contribution < 1.29 is 14.3 Å². The van der Waals surface area contributed by atoms with Crippen molar-refractivity contribution in [1.29, 1.82) is 0 Å². The Kier molecular flexibility index (Phi) is 5.94. The number of hydrogen-bond acceptors (Lipinski definition) is 3. The molecule has 0 spiro atoms. The fourth-order valence-corrected chi connectivity index (χ4v) is 4.16. The van der Waals surface area contributed by atoms with Crippen LogP contribution in [0.25, 0.3) is 0 Å². The van der Waals surface area contributed by atoms with Gasteiger partial charge in [0.15, 0.2) is 0 Å². The van der Waals surface area contributed by atoms with E-state index < -0.39 is 0 Å². The summed E-state index contributed by atoms with van der Waals surface area (Å²) in [6.45, 7) is 2.11. The number of amides is 1. The van der Waals surface area contributed by atoms with Crippen LogP contribution in [0.4, 0.5) is 5.69 Å². The minimum Gasteiger partial charge on any atom is -0.462 e. The highest BCUT2D eigenvalue weighted by molar-refractivity contribution is 5.93. The third-order valence-electron chi connectivity index (χ3n) is 5.59. The standard InChI is InChI=1S/C26H25NO3/c1-2-30-26(29)20-13-15-21(16-14-20)27-25(28)17-24-22-9-5-3-7-18(22)11-12-19-8-4-6-10-23(19)24/h3-10,13-16,24H,2,11-12,17H2,1H3,(H,27,28). The fraction of sp³-hybridized carbons (Fsp3) is 0.231. The molecule has 4 rings (SSSR count). The Bertz CT molecular complexity index is 1010. The van der Waals surface area contributed by atoms with E-state index in [1.807, 2.05) is 12.1 Å². The summed E-state index contributed by atoms with van der Waals surface area (Å²) in [7, 11) is 0. The molecule has 3 aromatic rings. The predicted octanol–water partition coefficient (Wildman–Crippen LogP) is 5.12. The molecule has 0 atom stereocenters. The van der Waals surface area contributed by atoms with Crippen LogP contribution < -0.4 is 5.32 Å². The lowest BCUT2D eigenvalue weighted by Crippen LogP contribution is -2.17. The summed E-state index contributed by atoms with van der Waals surface area (Å²) in [6, 6.07) is 23.7. The molecule has 0 saturated heterocycles. The van der Waals surface area contributed by atoms with Crippen molar-refractivity contribution >= 4 is 17.6 Å². The second kappa shape index (κ2) is 8.95. The van der Waals surface area contributed by atoms with E-state index in [2.05, 4.69) is 41.7 Å². The highest BCUT2D eigenvalue weighted by atomic mass is 16.5. The first kappa shape index (κ1) is 19.9. The largest absolute Gasteiger partial charge is 0.462 e. The van der Waals surface area contributed by atoms with Crippen LogP contribution in [-0.4, -0.2) is 18.5 Å². The molecular formula is C26H25NO3. The molecule has 0 heterocycles. The van der Waals surface area contributed by atoms with Gasteiger partial charge in [-0.15, -0.1) is 0 Å². The minimum atomic E-state index is -0.359.